The Labute approximate surface area is 151 Å². The highest BCUT2D eigenvalue weighted by molar-refractivity contribution is 9.10. The fourth-order valence-electron chi connectivity index (χ4n) is 1.81. The van der Waals surface area contributed by atoms with E-state index in [2.05, 4.69) is 21.2 Å². The second kappa shape index (κ2) is 8.84. The van der Waals surface area contributed by atoms with Crippen LogP contribution >= 0.6 is 27.7 Å². The Bertz CT molecular complexity index is 754. The van der Waals surface area contributed by atoms with E-state index in [1.54, 1.807) is 30.3 Å². The van der Waals surface area contributed by atoms with Crippen LogP contribution in [0.4, 0.5) is 10.1 Å². The molecule has 0 atom stereocenters. The monoisotopic (exact) mass is 411 g/mol. The average Bonchev–Trinajstić information content (AvgIpc) is 2.55. The Balaban J connectivity index is 1.76. The number of thioether (sulfide) groups is 1. The van der Waals surface area contributed by atoms with E-state index >= 15 is 0 Å². The third kappa shape index (κ3) is 5.65. The minimum atomic E-state index is -0.578. The molecule has 4 nitrogen and oxygen atoms in total. The lowest BCUT2D eigenvalue weighted by molar-refractivity contribution is -0.144. The number of aryl methyl sites for hydroxylation is 1. The SMILES string of the molecule is Cc1cc(NC(=O)COC(=O)CSc2ccccc2F)ccc1Br. The van der Waals surface area contributed by atoms with Gasteiger partial charge in [0.25, 0.3) is 5.91 Å². The highest BCUT2D eigenvalue weighted by Crippen LogP contribution is 2.21. The number of esters is 1. The van der Waals surface area contributed by atoms with Crippen molar-refractivity contribution in [3.05, 3.63) is 58.3 Å². The lowest BCUT2D eigenvalue weighted by Gasteiger charge is -2.08. The summed E-state index contributed by atoms with van der Waals surface area (Å²) >= 11 is 4.40. The third-order valence-electron chi connectivity index (χ3n) is 2.99. The predicted molar refractivity (Wildman–Crippen MR) is 95.6 cm³/mol. The molecule has 0 heterocycles. The van der Waals surface area contributed by atoms with Crippen LogP contribution in [-0.4, -0.2) is 24.2 Å². The minimum absolute atomic E-state index is 0.0639. The van der Waals surface area contributed by atoms with Gasteiger partial charge in [-0.1, -0.05) is 28.1 Å². The van der Waals surface area contributed by atoms with Crippen LogP contribution in [0.15, 0.2) is 51.8 Å². The van der Waals surface area contributed by atoms with Crippen molar-refractivity contribution in [1.29, 1.82) is 0 Å². The molecule has 0 aliphatic carbocycles. The Morgan fingerprint density at radius 3 is 2.71 bits per heavy atom. The summed E-state index contributed by atoms with van der Waals surface area (Å²) in [5.41, 5.74) is 1.60. The number of carbonyl (C=O) groups is 2. The first kappa shape index (κ1) is 18.5. The molecule has 2 aromatic rings. The van der Waals surface area contributed by atoms with Gasteiger partial charge in [-0.25, -0.2) is 4.39 Å². The topological polar surface area (TPSA) is 55.4 Å². The molecule has 0 spiro atoms. The zero-order valence-electron chi connectivity index (χ0n) is 12.8. The number of nitrogens with one attached hydrogen (secondary N) is 1. The molecule has 0 fully saturated rings. The summed E-state index contributed by atoms with van der Waals surface area (Å²) < 4.78 is 19.2. The van der Waals surface area contributed by atoms with Crippen LogP contribution in [0, 0.1) is 12.7 Å². The van der Waals surface area contributed by atoms with Crippen molar-refractivity contribution in [3.8, 4) is 0 Å². The average molecular weight is 412 g/mol. The number of carbonyl (C=O) groups excluding carboxylic acids is 2. The number of hydrogen-bond acceptors (Lipinski definition) is 4. The maximum atomic E-state index is 13.4. The lowest BCUT2D eigenvalue weighted by Crippen LogP contribution is -2.21. The highest BCUT2D eigenvalue weighted by atomic mass is 79.9. The summed E-state index contributed by atoms with van der Waals surface area (Å²) in [6, 6.07) is 11.5. The number of benzene rings is 2. The van der Waals surface area contributed by atoms with Crippen molar-refractivity contribution in [1.82, 2.24) is 0 Å². The second-order valence-electron chi connectivity index (χ2n) is 4.89. The third-order valence-corrected chi connectivity index (χ3v) is 4.90. The zero-order valence-corrected chi connectivity index (χ0v) is 15.2. The lowest BCUT2D eigenvalue weighted by atomic mass is 10.2. The van der Waals surface area contributed by atoms with Crippen molar-refractivity contribution in [3.63, 3.8) is 0 Å². The van der Waals surface area contributed by atoms with E-state index < -0.39 is 17.7 Å². The number of hydrogen-bond donors (Lipinski definition) is 1. The fraction of sp³-hybridized carbons (Fsp3) is 0.176. The van der Waals surface area contributed by atoms with Crippen molar-refractivity contribution in [2.75, 3.05) is 17.7 Å². The molecule has 0 saturated heterocycles. The van der Waals surface area contributed by atoms with Gasteiger partial charge in [0.05, 0.1) is 5.75 Å². The predicted octanol–water partition coefficient (Wildman–Crippen LogP) is 4.17. The van der Waals surface area contributed by atoms with Gasteiger partial charge in [0.2, 0.25) is 0 Å². The van der Waals surface area contributed by atoms with Gasteiger partial charge < -0.3 is 10.1 Å². The van der Waals surface area contributed by atoms with E-state index in [0.29, 0.717) is 10.6 Å². The summed E-state index contributed by atoms with van der Waals surface area (Å²) in [4.78, 5) is 23.8. The van der Waals surface area contributed by atoms with Gasteiger partial charge in [0.1, 0.15) is 5.82 Å². The first-order valence-electron chi connectivity index (χ1n) is 7.04. The van der Waals surface area contributed by atoms with Crippen LogP contribution in [0.5, 0.6) is 0 Å². The molecule has 7 heteroatoms. The Morgan fingerprint density at radius 2 is 2.00 bits per heavy atom. The van der Waals surface area contributed by atoms with Crippen LogP contribution in [0.2, 0.25) is 0 Å². The van der Waals surface area contributed by atoms with Gasteiger partial charge in [-0.05, 0) is 42.8 Å². The molecular formula is C17H15BrFNO3S. The van der Waals surface area contributed by atoms with E-state index in [1.807, 2.05) is 13.0 Å². The Kier molecular flexibility index (Phi) is 6.81. The molecule has 0 radical (unpaired) electrons. The van der Waals surface area contributed by atoms with Gasteiger partial charge in [0.15, 0.2) is 6.61 Å². The molecule has 0 saturated carbocycles. The molecule has 0 aromatic heterocycles. The fourth-order valence-corrected chi connectivity index (χ4v) is 2.79. The first-order valence-corrected chi connectivity index (χ1v) is 8.82. The molecular weight excluding hydrogens is 397 g/mol. The summed E-state index contributed by atoms with van der Waals surface area (Å²) in [6.45, 7) is 1.52. The minimum Gasteiger partial charge on any atom is -0.455 e. The molecule has 1 N–H and O–H groups in total. The van der Waals surface area contributed by atoms with Crippen LogP contribution in [0.3, 0.4) is 0 Å². The maximum absolute atomic E-state index is 13.4. The van der Waals surface area contributed by atoms with Gasteiger partial charge in [-0.2, -0.15) is 0 Å². The molecule has 0 unspecified atom stereocenters. The molecule has 2 rings (SSSR count). The number of rotatable bonds is 6. The van der Waals surface area contributed by atoms with Crippen LogP contribution in [0.1, 0.15) is 5.56 Å². The van der Waals surface area contributed by atoms with Crippen molar-refractivity contribution in [2.24, 2.45) is 0 Å². The molecule has 0 aliphatic rings. The number of amides is 1. The van der Waals surface area contributed by atoms with E-state index in [-0.39, 0.29) is 12.4 Å². The summed E-state index contributed by atoms with van der Waals surface area (Å²) in [6.07, 6.45) is 0. The Hall–Kier alpha value is -1.86. The van der Waals surface area contributed by atoms with Gasteiger partial charge in [-0.15, -0.1) is 11.8 Å². The van der Waals surface area contributed by atoms with Crippen molar-refractivity contribution in [2.45, 2.75) is 11.8 Å². The molecule has 1 amide bonds. The van der Waals surface area contributed by atoms with Crippen LogP contribution in [0.25, 0.3) is 0 Å². The largest absolute Gasteiger partial charge is 0.455 e. The van der Waals surface area contributed by atoms with Gasteiger partial charge >= 0.3 is 5.97 Å². The summed E-state index contributed by atoms with van der Waals surface area (Å²) in [5.74, 6) is -1.46. The molecule has 24 heavy (non-hydrogen) atoms. The first-order chi connectivity index (χ1) is 11.5. The van der Waals surface area contributed by atoms with E-state index in [4.69, 9.17) is 4.74 Å². The van der Waals surface area contributed by atoms with E-state index in [0.717, 1.165) is 21.8 Å². The molecule has 2 aromatic carbocycles. The van der Waals surface area contributed by atoms with Crippen molar-refractivity contribution < 1.29 is 18.7 Å². The number of ether oxygens (including phenoxy) is 1. The number of halogens is 2. The van der Waals surface area contributed by atoms with Crippen LogP contribution < -0.4 is 5.32 Å². The van der Waals surface area contributed by atoms with E-state index in [1.165, 1.54) is 6.07 Å². The standard InChI is InChI=1S/C17H15BrFNO3S/c1-11-8-12(6-7-13(11)18)20-16(21)9-23-17(22)10-24-15-5-3-2-4-14(15)19/h2-8H,9-10H2,1H3,(H,20,21). The normalized spacial score (nSPS) is 10.3. The van der Waals surface area contributed by atoms with Gasteiger partial charge in [0, 0.05) is 15.1 Å². The summed E-state index contributed by atoms with van der Waals surface area (Å²) in [5, 5.41) is 2.64. The quantitative estimate of drug-likeness (QED) is 0.572. The molecule has 0 aliphatic heterocycles. The Morgan fingerprint density at radius 1 is 1.25 bits per heavy atom. The van der Waals surface area contributed by atoms with Crippen molar-refractivity contribution >= 4 is 45.3 Å². The maximum Gasteiger partial charge on any atom is 0.316 e. The number of anilines is 1. The van der Waals surface area contributed by atoms with E-state index in [9.17, 15) is 14.0 Å². The molecule has 126 valence electrons. The molecule has 0 bridgehead atoms. The second-order valence-corrected chi connectivity index (χ2v) is 6.76. The van der Waals surface area contributed by atoms with Gasteiger partial charge in [-0.3, -0.25) is 9.59 Å². The summed E-state index contributed by atoms with van der Waals surface area (Å²) in [7, 11) is 0. The highest BCUT2D eigenvalue weighted by Gasteiger charge is 2.10. The van der Waals surface area contributed by atoms with Crippen LogP contribution in [-0.2, 0) is 14.3 Å². The zero-order chi connectivity index (χ0) is 17.5. The smallest absolute Gasteiger partial charge is 0.316 e.